The van der Waals surface area contributed by atoms with Gasteiger partial charge in [-0.2, -0.15) is 0 Å². The lowest BCUT2D eigenvalue weighted by Crippen LogP contribution is -2.61. The van der Waals surface area contributed by atoms with Gasteiger partial charge in [0.2, 0.25) is 6.29 Å². The zero-order chi connectivity index (χ0) is 30.7. The molecule has 14 heteroatoms. The number of aryl methyl sites for hydroxylation is 1. The molecular weight excluding hydrogens is 556 g/mol. The first-order chi connectivity index (χ1) is 19.9. The van der Waals surface area contributed by atoms with Crippen LogP contribution < -0.4 is 15.4 Å². The Bertz CT molecular complexity index is 1650. The second-order valence-electron chi connectivity index (χ2n) is 10.3. The van der Waals surface area contributed by atoms with Crippen molar-refractivity contribution in [3.05, 3.63) is 56.9 Å². The summed E-state index contributed by atoms with van der Waals surface area (Å²) in [5.41, 5.74) is -1.21. The number of aromatic nitrogens is 2. The van der Waals surface area contributed by atoms with Crippen molar-refractivity contribution < 1.29 is 54.8 Å². The van der Waals surface area contributed by atoms with Crippen molar-refractivity contribution >= 4 is 22.8 Å². The van der Waals surface area contributed by atoms with Gasteiger partial charge in [0, 0.05) is 22.1 Å². The molecule has 0 unspecified atom stereocenters. The molecule has 2 aliphatic rings. The summed E-state index contributed by atoms with van der Waals surface area (Å²) in [6, 6.07) is 5.96. The van der Waals surface area contributed by atoms with Gasteiger partial charge in [0.25, 0.3) is 5.56 Å². The molecule has 6 atom stereocenters. The van der Waals surface area contributed by atoms with E-state index in [1.165, 1.54) is 23.6 Å². The first-order valence-corrected chi connectivity index (χ1v) is 13.2. The minimum atomic E-state index is -2.51. The van der Waals surface area contributed by atoms with Crippen molar-refractivity contribution in [2.45, 2.75) is 76.1 Å². The number of nitrogens with zero attached hydrogens (tertiary/aromatic N) is 2. The molecule has 3 aromatic rings. The number of benzene rings is 1. The van der Waals surface area contributed by atoms with E-state index in [0.29, 0.717) is 28.6 Å². The lowest BCUT2D eigenvalue weighted by atomic mass is 9.87. The maximum Gasteiger partial charge on any atom is 0.335 e. The average molecular weight is 586 g/mol. The van der Waals surface area contributed by atoms with Crippen LogP contribution in [-0.4, -0.2) is 82.8 Å². The molecule has 0 aliphatic carbocycles. The average Bonchev–Trinajstić information content (AvgIpc) is 3.33. The van der Waals surface area contributed by atoms with Crippen LogP contribution in [0.3, 0.4) is 0 Å². The van der Waals surface area contributed by atoms with Gasteiger partial charge in [0.15, 0.2) is 6.10 Å². The van der Waals surface area contributed by atoms with Crippen LogP contribution in [0.25, 0.3) is 22.3 Å². The van der Waals surface area contributed by atoms with Gasteiger partial charge in [0.05, 0.1) is 36.0 Å². The van der Waals surface area contributed by atoms with E-state index in [1.807, 2.05) is 6.92 Å². The number of aliphatic hydroxyl groups is 5. The van der Waals surface area contributed by atoms with Gasteiger partial charge in [-0.25, -0.2) is 9.78 Å². The largest absolute Gasteiger partial charge is 0.547 e. The Balaban J connectivity index is 1.60. The van der Waals surface area contributed by atoms with Crippen molar-refractivity contribution in [3.8, 4) is 17.1 Å². The predicted octanol–water partition coefficient (Wildman–Crippen LogP) is -1.90. The maximum absolute atomic E-state index is 13.4. The van der Waals surface area contributed by atoms with Crippen molar-refractivity contribution in [2.24, 2.45) is 0 Å². The Hall–Kier alpha value is -3.92. The number of ether oxygens (including phenoxy) is 2. The highest BCUT2D eigenvalue weighted by Gasteiger charge is 2.48. The van der Waals surface area contributed by atoms with Crippen LogP contribution in [0.4, 0.5) is 0 Å². The normalized spacial score (nSPS) is 24.6. The number of fused-ring (bicyclic) bond motifs is 4. The molecule has 1 saturated heterocycles. The Morgan fingerprint density at radius 3 is 2.45 bits per heavy atom. The second kappa shape index (κ2) is 10.7. The number of hydrogen-bond acceptors (Lipinski definition) is 12. The van der Waals surface area contributed by atoms with E-state index in [9.17, 15) is 50.1 Å². The summed E-state index contributed by atoms with van der Waals surface area (Å²) in [5, 5.41) is 73.0. The van der Waals surface area contributed by atoms with E-state index in [-0.39, 0.29) is 35.5 Å². The summed E-state index contributed by atoms with van der Waals surface area (Å²) < 4.78 is 12.2. The van der Waals surface area contributed by atoms with Crippen LogP contribution >= 0.6 is 0 Å². The third-order valence-electron chi connectivity index (χ3n) is 8.01. The van der Waals surface area contributed by atoms with Crippen LogP contribution in [0.1, 0.15) is 42.5 Å². The second-order valence-corrected chi connectivity index (χ2v) is 10.3. The Morgan fingerprint density at radius 2 is 1.86 bits per heavy atom. The minimum Gasteiger partial charge on any atom is -0.547 e. The zero-order valence-electron chi connectivity index (χ0n) is 22.6. The highest BCUT2D eigenvalue weighted by molar-refractivity contribution is 5.89. The van der Waals surface area contributed by atoms with Gasteiger partial charge in [-0.1, -0.05) is 13.8 Å². The minimum absolute atomic E-state index is 0.0542. The maximum atomic E-state index is 13.4. The monoisotopic (exact) mass is 585 g/mol. The molecular formula is C28H29N2O12-. The lowest BCUT2D eigenvalue weighted by molar-refractivity contribution is -0.326. The summed E-state index contributed by atoms with van der Waals surface area (Å²) >= 11 is 0. The number of aliphatic hydroxyl groups excluding tert-OH is 4. The molecule has 4 heterocycles. The topological polar surface area (TPSA) is 232 Å². The molecule has 2 aromatic heterocycles. The summed E-state index contributed by atoms with van der Waals surface area (Å²) in [4.78, 5) is 41.4. The van der Waals surface area contributed by atoms with Gasteiger partial charge < -0.3 is 54.6 Å². The molecule has 0 spiro atoms. The molecule has 2 aliphatic heterocycles. The number of carbonyl (C=O) groups excluding carboxylic acids is 1. The van der Waals surface area contributed by atoms with Crippen LogP contribution in [-0.2, 0) is 39.5 Å². The number of carboxylic acid groups (broad SMARTS) is 2. The summed E-state index contributed by atoms with van der Waals surface area (Å²) in [7, 11) is 0. The Labute approximate surface area is 237 Å². The van der Waals surface area contributed by atoms with Crippen LogP contribution in [0.2, 0.25) is 0 Å². The number of hydrogen-bond donors (Lipinski definition) is 6. The molecule has 0 saturated carbocycles. The standard InChI is InChI=1S/C28H30N2O12/c1-3-12-13-7-11(41-26-22(34)20(32)21(33)23(42-26)25(36)37)5-6-17(13)29-19-14(12)9-30-18(19)8-16(15(10-31)24(30)35)28(40,4-2)27(38)39/h5-8,20-23,26,31-34,40H,3-4,9-10H2,1-2H3,(H,36,37)(H,38,39)/p-1/t20-,21-,22+,23-,26+,28-/m0/s1. The molecule has 0 radical (unpaired) electrons. The van der Waals surface area contributed by atoms with Crippen LogP contribution in [0, 0.1) is 0 Å². The summed E-state index contributed by atoms with van der Waals surface area (Å²) in [6.07, 6.45) is -8.77. The first kappa shape index (κ1) is 29.6. The number of pyridine rings is 2. The molecule has 6 N–H and O–H groups in total. The van der Waals surface area contributed by atoms with E-state index < -0.39 is 60.4 Å². The zero-order valence-corrected chi connectivity index (χ0v) is 22.6. The van der Waals surface area contributed by atoms with E-state index >= 15 is 0 Å². The summed E-state index contributed by atoms with van der Waals surface area (Å²) in [5.74, 6) is -3.22. The molecule has 0 amide bonds. The summed E-state index contributed by atoms with van der Waals surface area (Å²) in [6.45, 7) is 2.53. The Morgan fingerprint density at radius 1 is 1.14 bits per heavy atom. The van der Waals surface area contributed by atoms with Crippen molar-refractivity contribution in [2.75, 3.05) is 0 Å². The number of aliphatic carboxylic acids is 2. The van der Waals surface area contributed by atoms with Crippen LogP contribution in [0.15, 0.2) is 29.1 Å². The van der Waals surface area contributed by atoms with Crippen molar-refractivity contribution in [3.63, 3.8) is 0 Å². The fourth-order valence-electron chi connectivity index (χ4n) is 5.66. The third kappa shape index (κ3) is 4.43. The first-order valence-electron chi connectivity index (χ1n) is 13.2. The quantitative estimate of drug-likeness (QED) is 0.133. The van der Waals surface area contributed by atoms with Gasteiger partial charge in [-0.05, 0) is 42.7 Å². The molecule has 14 nitrogen and oxygen atoms in total. The van der Waals surface area contributed by atoms with Gasteiger partial charge in [0.1, 0.15) is 29.7 Å². The molecule has 5 rings (SSSR count). The van der Waals surface area contributed by atoms with Crippen LogP contribution in [0.5, 0.6) is 5.75 Å². The predicted molar refractivity (Wildman–Crippen MR) is 140 cm³/mol. The molecule has 224 valence electrons. The van der Waals surface area contributed by atoms with Gasteiger partial charge >= 0.3 is 5.97 Å². The fourth-order valence-corrected chi connectivity index (χ4v) is 5.66. The molecule has 42 heavy (non-hydrogen) atoms. The van der Waals surface area contributed by atoms with Crippen molar-refractivity contribution in [1.29, 1.82) is 0 Å². The van der Waals surface area contributed by atoms with E-state index in [1.54, 1.807) is 12.1 Å². The van der Waals surface area contributed by atoms with Gasteiger partial charge in [-0.3, -0.25) is 4.79 Å². The third-order valence-corrected chi connectivity index (χ3v) is 8.01. The molecule has 0 bridgehead atoms. The molecule has 1 aromatic carbocycles. The molecule has 1 fully saturated rings. The Kier molecular flexibility index (Phi) is 7.55. The highest BCUT2D eigenvalue weighted by Crippen LogP contribution is 2.39. The lowest BCUT2D eigenvalue weighted by Gasteiger charge is -2.38. The highest BCUT2D eigenvalue weighted by atomic mass is 16.7. The number of rotatable bonds is 8. The SMILES string of the molecule is CCc1c2c(nc3ccc(O[C@@H]4O[C@H](C(=O)O)[C@@H](O)[C@H](O)[C@H]4O)cc13)-c1cc([C@@](O)(CC)C(=O)[O-])c(CO)c(=O)n1C2. The fraction of sp³-hybridized carbons (Fsp3) is 0.429. The van der Waals surface area contributed by atoms with Gasteiger partial charge in [-0.15, -0.1) is 0 Å². The van der Waals surface area contributed by atoms with Crippen molar-refractivity contribution in [1.82, 2.24) is 9.55 Å². The van der Waals surface area contributed by atoms with E-state index in [0.717, 1.165) is 5.56 Å². The number of carboxylic acids is 2. The van der Waals surface area contributed by atoms with E-state index in [2.05, 4.69) is 0 Å². The number of carbonyl (C=O) groups is 2. The van der Waals surface area contributed by atoms with E-state index in [4.69, 9.17) is 14.5 Å². The smallest absolute Gasteiger partial charge is 0.335 e.